The third kappa shape index (κ3) is 5.63. The minimum absolute atomic E-state index is 0.312. The number of carboxylic acids is 1. The number of hydrogen-bond donors (Lipinski definition) is 4. The van der Waals surface area contributed by atoms with Crippen molar-refractivity contribution in [3.8, 4) is 0 Å². The first-order valence-corrected chi connectivity index (χ1v) is 4.35. The summed E-state index contributed by atoms with van der Waals surface area (Å²) >= 11 is 0. The fourth-order valence-electron chi connectivity index (χ4n) is 0.828. The van der Waals surface area contributed by atoms with E-state index in [1.54, 1.807) is 0 Å². The lowest BCUT2D eigenvalue weighted by atomic mass is 10.2. The van der Waals surface area contributed by atoms with Gasteiger partial charge in [0.15, 0.2) is 12.0 Å². The Morgan fingerprint density at radius 1 is 1.50 bits per heavy atom. The van der Waals surface area contributed by atoms with Crippen LogP contribution in [0, 0.1) is 0 Å². The van der Waals surface area contributed by atoms with Crippen molar-refractivity contribution in [1.29, 1.82) is 0 Å². The third-order valence-corrected chi connectivity index (χ3v) is 1.73. The van der Waals surface area contributed by atoms with E-state index in [0.29, 0.717) is 19.4 Å². The number of hydrogen-bond acceptors (Lipinski definition) is 5. The van der Waals surface area contributed by atoms with Gasteiger partial charge in [-0.3, -0.25) is 14.9 Å². The van der Waals surface area contributed by atoms with Gasteiger partial charge in [-0.05, 0) is 26.3 Å². The van der Waals surface area contributed by atoms with Crippen LogP contribution >= 0.6 is 0 Å². The van der Waals surface area contributed by atoms with Gasteiger partial charge in [-0.2, -0.15) is 0 Å². The zero-order valence-corrected chi connectivity index (χ0v) is 8.06. The summed E-state index contributed by atoms with van der Waals surface area (Å²) in [4.78, 5) is 20.8. The predicted molar refractivity (Wildman–Crippen MR) is 49.5 cm³/mol. The average Bonchev–Trinajstić information content (AvgIpc) is 2.11. The fourth-order valence-corrected chi connectivity index (χ4v) is 0.828. The van der Waals surface area contributed by atoms with E-state index in [9.17, 15) is 9.59 Å². The highest BCUT2D eigenvalue weighted by molar-refractivity contribution is 5.79. The monoisotopic (exact) mass is 204 g/mol. The van der Waals surface area contributed by atoms with Gasteiger partial charge in [0.25, 0.3) is 0 Å². The van der Waals surface area contributed by atoms with E-state index in [4.69, 9.17) is 15.9 Å². The summed E-state index contributed by atoms with van der Waals surface area (Å²) < 4.78 is 0. The second-order valence-electron chi connectivity index (χ2n) is 3.05. The molecular formula is C8H16N2O4. The molecule has 0 aliphatic rings. The third-order valence-electron chi connectivity index (χ3n) is 1.73. The Morgan fingerprint density at radius 2 is 2.07 bits per heavy atom. The van der Waals surface area contributed by atoms with Crippen LogP contribution in [0.5, 0.6) is 0 Å². The fraction of sp³-hybridized carbons (Fsp3) is 0.750. The average molecular weight is 204 g/mol. The summed E-state index contributed by atoms with van der Waals surface area (Å²) in [7, 11) is 0. The first-order valence-electron chi connectivity index (χ1n) is 4.35. The van der Waals surface area contributed by atoms with Gasteiger partial charge in [0, 0.05) is 0 Å². The Balaban J connectivity index is 3.47. The van der Waals surface area contributed by atoms with Crippen LogP contribution in [-0.2, 0) is 9.59 Å². The molecule has 0 aromatic carbocycles. The van der Waals surface area contributed by atoms with E-state index in [-0.39, 0.29) is 5.78 Å². The lowest BCUT2D eigenvalue weighted by Crippen LogP contribution is -2.37. The smallest absolute Gasteiger partial charge is 0.320 e. The number of nitrogens with one attached hydrogen (secondary N) is 1. The molecule has 0 aromatic rings. The van der Waals surface area contributed by atoms with Gasteiger partial charge in [-0.15, -0.1) is 0 Å². The first-order chi connectivity index (χ1) is 6.45. The summed E-state index contributed by atoms with van der Waals surface area (Å²) in [6, 6.07) is -0.883. The van der Waals surface area contributed by atoms with Gasteiger partial charge in [0.2, 0.25) is 0 Å². The molecule has 0 saturated carbocycles. The minimum atomic E-state index is -1.17. The van der Waals surface area contributed by atoms with Gasteiger partial charge in [0.05, 0.1) is 0 Å². The van der Waals surface area contributed by atoms with Gasteiger partial charge in [-0.25, -0.2) is 0 Å². The van der Waals surface area contributed by atoms with Gasteiger partial charge in [-0.1, -0.05) is 0 Å². The normalized spacial score (nSPS) is 14.8. The Bertz CT molecular complexity index is 186. The van der Waals surface area contributed by atoms with Crippen LogP contribution in [-0.4, -0.2) is 40.8 Å². The van der Waals surface area contributed by atoms with Gasteiger partial charge < -0.3 is 15.9 Å². The Hall–Kier alpha value is -0.980. The molecule has 0 aliphatic heterocycles. The zero-order chi connectivity index (χ0) is 11.1. The Labute approximate surface area is 82.1 Å². The second-order valence-corrected chi connectivity index (χ2v) is 3.05. The Morgan fingerprint density at radius 3 is 2.50 bits per heavy atom. The molecule has 0 spiro atoms. The molecule has 0 radical (unpaired) electrons. The van der Waals surface area contributed by atoms with E-state index in [0.717, 1.165) is 0 Å². The number of aliphatic carboxylic acids is 1. The highest BCUT2D eigenvalue weighted by atomic mass is 16.4. The van der Waals surface area contributed by atoms with Crippen LogP contribution in [0.25, 0.3) is 0 Å². The first kappa shape index (κ1) is 13.0. The molecule has 0 bridgehead atoms. The van der Waals surface area contributed by atoms with Crippen molar-refractivity contribution in [2.45, 2.75) is 32.0 Å². The molecule has 6 heteroatoms. The molecule has 0 aromatic heterocycles. The number of carboxylic acid groups (broad SMARTS) is 1. The van der Waals surface area contributed by atoms with Crippen molar-refractivity contribution in [3.63, 3.8) is 0 Å². The van der Waals surface area contributed by atoms with Crippen molar-refractivity contribution in [2.24, 2.45) is 5.73 Å². The number of aliphatic hydroxyl groups is 1. The van der Waals surface area contributed by atoms with E-state index in [1.807, 2.05) is 0 Å². The maximum atomic E-state index is 10.5. The summed E-state index contributed by atoms with van der Waals surface area (Å²) in [5.74, 6) is -1.41. The molecule has 2 atom stereocenters. The van der Waals surface area contributed by atoms with E-state index in [2.05, 4.69) is 5.32 Å². The molecule has 0 aliphatic carbocycles. The number of carbonyl (C=O) groups is 2. The number of ketones is 1. The van der Waals surface area contributed by atoms with E-state index in [1.165, 1.54) is 6.92 Å². The van der Waals surface area contributed by atoms with Gasteiger partial charge in [0.1, 0.15) is 6.04 Å². The van der Waals surface area contributed by atoms with Crippen LogP contribution in [0.4, 0.5) is 0 Å². The summed E-state index contributed by atoms with van der Waals surface area (Å²) in [6.45, 7) is 1.63. The lowest BCUT2D eigenvalue weighted by Gasteiger charge is -2.10. The van der Waals surface area contributed by atoms with E-state index >= 15 is 0 Å². The number of Topliss-reactive ketones (excluding diaryl/α,β-unsaturated/α-hetero) is 1. The highest BCUT2D eigenvalue weighted by Gasteiger charge is 2.11. The van der Waals surface area contributed by atoms with Crippen molar-refractivity contribution in [3.05, 3.63) is 0 Å². The zero-order valence-electron chi connectivity index (χ0n) is 8.06. The van der Waals surface area contributed by atoms with Crippen LogP contribution in [0.15, 0.2) is 0 Å². The largest absolute Gasteiger partial charge is 0.480 e. The van der Waals surface area contributed by atoms with Crippen LogP contribution in [0.1, 0.15) is 19.8 Å². The molecule has 0 heterocycles. The summed E-state index contributed by atoms with van der Waals surface area (Å²) in [5.41, 5.74) is 5.24. The van der Waals surface area contributed by atoms with Crippen molar-refractivity contribution < 1.29 is 19.8 Å². The molecule has 2 unspecified atom stereocenters. The maximum absolute atomic E-state index is 10.5. The molecule has 14 heavy (non-hydrogen) atoms. The number of rotatable bonds is 7. The summed E-state index contributed by atoms with van der Waals surface area (Å²) in [6.07, 6.45) is -0.360. The molecule has 0 fully saturated rings. The van der Waals surface area contributed by atoms with Crippen molar-refractivity contribution in [1.82, 2.24) is 5.32 Å². The highest BCUT2D eigenvalue weighted by Crippen LogP contribution is 1.93. The number of nitrogens with two attached hydrogens (primary N) is 1. The molecule has 0 saturated heterocycles. The van der Waals surface area contributed by atoms with Crippen LogP contribution < -0.4 is 11.1 Å². The molecular weight excluding hydrogens is 188 g/mol. The molecule has 5 N–H and O–H groups in total. The minimum Gasteiger partial charge on any atom is -0.480 e. The molecule has 82 valence electrons. The van der Waals surface area contributed by atoms with Crippen molar-refractivity contribution in [2.75, 3.05) is 6.54 Å². The number of aliphatic hydroxyl groups excluding tert-OH is 1. The molecule has 6 nitrogen and oxygen atoms in total. The topological polar surface area (TPSA) is 113 Å². The molecule has 0 amide bonds. The predicted octanol–water partition coefficient (Wildman–Crippen LogP) is -1.32. The standard InChI is InChI=1S/C8H16N2O4/c1-5(11)7(12)10-4-2-3-6(9)8(13)14/h6-7,10,12H,2-4,9H2,1H3,(H,13,14). The lowest BCUT2D eigenvalue weighted by molar-refractivity contribution is -0.138. The molecule has 0 rings (SSSR count). The van der Waals surface area contributed by atoms with Crippen LogP contribution in [0.3, 0.4) is 0 Å². The van der Waals surface area contributed by atoms with E-state index < -0.39 is 18.2 Å². The SMILES string of the molecule is CC(=O)C(O)NCCCC(N)C(=O)O. The second kappa shape index (κ2) is 6.47. The van der Waals surface area contributed by atoms with Crippen molar-refractivity contribution >= 4 is 11.8 Å². The Kier molecular flexibility index (Phi) is 6.02. The van der Waals surface area contributed by atoms with Crippen LogP contribution in [0.2, 0.25) is 0 Å². The quantitative estimate of drug-likeness (QED) is 0.302. The maximum Gasteiger partial charge on any atom is 0.320 e. The van der Waals surface area contributed by atoms with Gasteiger partial charge >= 0.3 is 5.97 Å². The number of carbonyl (C=O) groups excluding carboxylic acids is 1. The summed E-state index contributed by atoms with van der Waals surface area (Å²) in [5, 5.41) is 20.0.